The van der Waals surface area contributed by atoms with E-state index in [9.17, 15) is 4.79 Å². The molecule has 0 unspecified atom stereocenters. The SMILES string of the molecule is Cc1cc(C)nc(NNC(=O)CN2CCN(Cc3ccccc3)CC2)n1. The summed E-state index contributed by atoms with van der Waals surface area (Å²) >= 11 is 0. The highest BCUT2D eigenvalue weighted by Crippen LogP contribution is 2.08. The first kappa shape index (κ1) is 18.3. The molecule has 138 valence electrons. The molecule has 1 aromatic heterocycles. The molecular weight excluding hydrogens is 328 g/mol. The summed E-state index contributed by atoms with van der Waals surface area (Å²) in [5.41, 5.74) is 8.54. The second-order valence-electron chi connectivity index (χ2n) is 6.69. The van der Waals surface area contributed by atoms with Gasteiger partial charge in [-0.25, -0.2) is 9.97 Å². The number of hydrogen-bond acceptors (Lipinski definition) is 6. The molecule has 0 bridgehead atoms. The van der Waals surface area contributed by atoms with E-state index in [1.807, 2.05) is 26.0 Å². The second kappa shape index (κ2) is 8.73. The minimum Gasteiger partial charge on any atom is -0.297 e. The first-order valence-electron chi connectivity index (χ1n) is 8.94. The standard InChI is InChI=1S/C19H26N6O/c1-15-12-16(2)21-19(20-15)23-22-18(26)14-25-10-8-24(9-11-25)13-17-6-4-3-5-7-17/h3-7,12H,8-11,13-14H2,1-2H3,(H,22,26)(H,20,21,23). The van der Waals surface area contributed by atoms with Crippen molar-refractivity contribution < 1.29 is 4.79 Å². The lowest BCUT2D eigenvalue weighted by molar-refractivity contribution is -0.122. The van der Waals surface area contributed by atoms with Crippen molar-refractivity contribution in [3.05, 3.63) is 53.3 Å². The van der Waals surface area contributed by atoms with Gasteiger partial charge in [-0.3, -0.25) is 25.4 Å². The number of anilines is 1. The molecule has 7 nitrogen and oxygen atoms in total. The van der Waals surface area contributed by atoms with E-state index in [0.29, 0.717) is 12.5 Å². The molecule has 0 atom stereocenters. The average molecular weight is 354 g/mol. The number of aromatic nitrogens is 2. The first-order valence-corrected chi connectivity index (χ1v) is 8.94. The van der Waals surface area contributed by atoms with E-state index in [1.54, 1.807) is 0 Å². The minimum absolute atomic E-state index is 0.0794. The molecule has 0 saturated carbocycles. The number of piperazine rings is 1. The number of hydrazine groups is 1. The molecule has 1 aliphatic heterocycles. The zero-order chi connectivity index (χ0) is 18.4. The Bertz CT molecular complexity index is 708. The molecule has 7 heteroatoms. The number of aryl methyl sites for hydroxylation is 2. The number of nitrogens with one attached hydrogen (secondary N) is 2. The molecule has 1 fully saturated rings. The molecular formula is C19H26N6O. The Morgan fingerprint density at radius 2 is 1.62 bits per heavy atom. The van der Waals surface area contributed by atoms with Crippen molar-refractivity contribution in [2.24, 2.45) is 0 Å². The average Bonchev–Trinajstić information content (AvgIpc) is 2.62. The summed E-state index contributed by atoms with van der Waals surface area (Å²) in [6, 6.07) is 12.4. The third-order valence-electron chi connectivity index (χ3n) is 4.38. The molecule has 3 rings (SSSR count). The maximum Gasteiger partial charge on any atom is 0.252 e. The molecule has 1 saturated heterocycles. The van der Waals surface area contributed by atoms with Crippen LogP contribution >= 0.6 is 0 Å². The van der Waals surface area contributed by atoms with Crippen LogP contribution in [-0.2, 0) is 11.3 Å². The number of benzene rings is 1. The van der Waals surface area contributed by atoms with Gasteiger partial charge in [0.05, 0.1) is 6.54 Å². The van der Waals surface area contributed by atoms with Gasteiger partial charge in [0.25, 0.3) is 5.91 Å². The van der Waals surface area contributed by atoms with E-state index in [2.05, 4.69) is 54.9 Å². The molecule has 0 radical (unpaired) electrons. The molecule has 2 N–H and O–H groups in total. The van der Waals surface area contributed by atoms with Gasteiger partial charge in [-0.1, -0.05) is 30.3 Å². The molecule has 1 aromatic carbocycles. The van der Waals surface area contributed by atoms with Crippen LogP contribution in [0.5, 0.6) is 0 Å². The van der Waals surface area contributed by atoms with Crippen LogP contribution in [0.25, 0.3) is 0 Å². The predicted molar refractivity (Wildman–Crippen MR) is 101 cm³/mol. The van der Waals surface area contributed by atoms with Crippen molar-refractivity contribution in [2.75, 3.05) is 38.1 Å². The van der Waals surface area contributed by atoms with Crippen molar-refractivity contribution in [2.45, 2.75) is 20.4 Å². The first-order chi connectivity index (χ1) is 12.6. The van der Waals surface area contributed by atoms with Gasteiger partial charge >= 0.3 is 0 Å². The van der Waals surface area contributed by atoms with Gasteiger partial charge in [-0.2, -0.15) is 0 Å². The summed E-state index contributed by atoms with van der Waals surface area (Å²) in [5, 5.41) is 0. The van der Waals surface area contributed by atoms with E-state index in [-0.39, 0.29) is 5.91 Å². The Balaban J connectivity index is 1.39. The van der Waals surface area contributed by atoms with E-state index >= 15 is 0 Å². The van der Waals surface area contributed by atoms with Crippen molar-refractivity contribution >= 4 is 11.9 Å². The third-order valence-corrected chi connectivity index (χ3v) is 4.38. The second-order valence-corrected chi connectivity index (χ2v) is 6.69. The predicted octanol–water partition coefficient (Wildman–Crippen LogP) is 1.35. The van der Waals surface area contributed by atoms with Crippen LogP contribution in [-0.4, -0.2) is 58.4 Å². The summed E-state index contributed by atoms with van der Waals surface area (Å²) in [5.74, 6) is 0.341. The zero-order valence-corrected chi connectivity index (χ0v) is 15.4. The quantitative estimate of drug-likeness (QED) is 0.763. The highest BCUT2D eigenvalue weighted by Gasteiger charge is 2.19. The topological polar surface area (TPSA) is 73.4 Å². The van der Waals surface area contributed by atoms with E-state index in [0.717, 1.165) is 44.1 Å². The number of amides is 1. The number of hydrogen-bond donors (Lipinski definition) is 2. The van der Waals surface area contributed by atoms with Crippen molar-refractivity contribution in [3.63, 3.8) is 0 Å². The van der Waals surface area contributed by atoms with Crippen LogP contribution in [0, 0.1) is 13.8 Å². The number of carbonyl (C=O) groups excluding carboxylic acids is 1. The molecule has 2 aromatic rings. The fourth-order valence-corrected chi connectivity index (χ4v) is 3.10. The normalized spacial score (nSPS) is 15.6. The summed E-state index contributed by atoms with van der Waals surface area (Å²) in [6.07, 6.45) is 0. The van der Waals surface area contributed by atoms with Gasteiger partial charge in [0.15, 0.2) is 0 Å². The van der Waals surface area contributed by atoms with Crippen LogP contribution in [0.1, 0.15) is 17.0 Å². The van der Waals surface area contributed by atoms with Gasteiger partial charge in [-0.05, 0) is 25.5 Å². The lowest BCUT2D eigenvalue weighted by Crippen LogP contribution is -2.49. The Labute approximate surface area is 154 Å². The van der Waals surface area contributed by atoms with Gasteiger partial charge in [-0.15, -0.1) is 0 Å². The molecule has 0 spiro atoms. The molecule has 2 heterocycles. The Morgan fingerprint density at radius 1 is 1.00 bits per heavy atom. The molecule has 26 heavy (non-hydrogen) atoms. The summed E-state index contributed by atoms with van der Waals surface area (Å²) in [6.45, 7) is 8.85. The molecule has 1 aliphatic rings. The summed E-state index contributed by atoms with van der Waals surface area (Å²) < 4.78 is 0. The van der Waals surface area contributed by atoms with Gasteiger partial charge < -0.3 is 0 Å². The highest BCUT2D eigenvalue weighted by atomic mass is 16.2. The lowest BCUT2D eigenvalue weighted by atomic mass is 10.2. The van der Waals surface area contributed by atoms with Gasteiger partial charge in [0, 0.05) is 44.1 Å². The minimum atomic E-state index is -0.0794. The van der Waals surface area contributed by atoms with E-state index in [4.69, 9.17) is 0 Å². The molecule has 0 aliphatic carbocycles. The number of rotatable bonds is 6. The zero-order valence-electron chi connectivity index (χ0n) is 15.4. The van der Waals surface area contributed by atoms with E-state index < -0.39 is 0 Å². The largest absolute Gasteiger partial charge is 0.297 e. The Hall–Kier alpha value is -2.51. The fraction of sp³-hybridized carbons (Fsp3) is 0.421. The van der Waals surface area contributed by atoms with Crippen molar-refractivity contribution in [3.8, 4) is 0 Å². The maximum absolute atomic E-state index is 12.1. The van der Waals surface area contributed by atoms with Crippen LogP contribution in [0.3, 0.4) is 0 Å². The monoisotopic (exact) mass is 354 g/mol. The number of carbonyl (C=O) groups is 1. The summed E-state index contributed by atoms with van der Waals surface area (Å²) in [4.78, 5) is 25.2. The Kier molecular flexibility index (Phi) is 6.14. The maximum atomic E-state index is 12.1. The third kappa shape index (κ3) is 5.50. The van der Waals surface area contributed by atoms with E-state index in [1.165, 1.54) is 5.56 Å². The highest BCUT2D eigenvalue weighted by molar-refractivity contribution is 5.79. The number of nitrogens with zero attached hydrogens (tertiary/aromatic N) is 4. The fourth-order valence-electron chi connectivity index (χ4n) is 3.10. The molecule has 1 amide bonds. The summed E-state index contributed by atoms with van der Waals surface area (Å²) in [7, 11) is 0. The smallest absolute Gasteiger partial charge is 0.252 e. The van der Waals surface area contributed by atoms with Crippen LogP contribution < -0.4 is 10.9 Å². The van der Waals surface area contributed by atoms with Gasteiger partial charge in [0.2, 0.25) is 5.95 Å². The Morgan fingerprint density at radius 3 is 2.27 bits per heavy atom. The van der Waals surface area contributed by atoms with Crippen molar-refractivity contribution in [1.29, 1.82) is 0 Å². The van der Waals surface area contributed by atoms with Gasteiger partial charge in [0.1, 0.15) is 0 Å². The van der Waals surface area contributed by atoms with Crippen LogP contribution in [0.15, 0.2) is 36.4 Å². The van der Waals surface area contributed by atoms with Crippen molar-refractivity contribution in [1.82, 2.24) is 25.2 Å². The van der Waals surface area contributed by atoms with Crippen LogP contribution in [0.2, 0.25) is 0 Å². The van der Waals surface area contributed by atoms with Crippen LogP contribution in [0.4, 0.5) is 5.95 Å². The lowest BCUT2D eigenvalue weighted by Gasteiger charge is -2.34.